The van der Waals surface area contributed by atoms with Crippen LogP contribution >= 0.6 is 0 Å². The minimum Gasteiger partial charge on any atom is -0.264 e. The lowest BCUT2D eigenvalue weighted by molar-refractivity contribution is 0.628. The number of pyridine rings is 1. The molecule has 0 saturated heterocycles. The number of rotatable bonds is 5. The van der Waals surface area contributed by atoms with E-state index in [9.17, 15) is 13.2 Å². The van der Waals surface area contributed by atoms with Gasteiger partial charge in [0.15, 0.2) is 8.07 Å². The maximum absolute atomic E-state index is 14.4. The van der Waals surface area contributed by atoms with Crippen LogP contribution in [-0.2, 0) is 5.41 Å². The van der Waals surface area contributed by atoms with Gasteiger partial charge in [0.25, 0.3) is 0 Å². The molecule has 0 saturated carbocycles. The van der Waals surface area contributed by atoms with Crippen LogP contribution in [0, 0.1) is 17.5 Å². The smallest absolute Gasteiger partial charge is 0.179 e. The van der Waals surface area contributed by atoms with E-state index in [1.165, 1.54) is 75.3 Å². The van der Waals surface area contributed by atoms with Gasteiger partial charge in [0, 0.05) is 18.0 Å². The van der Waals surface area contributed by atoms with E-state index >= 15 is 0 Å². The van der Waals surface area contributed by atoms with E-state index in [4.69, 9.17) is 0 Å². The summed E-state index contributed by atoms with van der Waals surface area (Å²) in [5.74, 6) is -1.03. The van der Waals surface area contributed by atoms with Crippen LogP contribution in [0.3, 0.4) is 0 Å². The molecule has 1 nitrogen and oxygen atoms in total. The first-order chi connectivity index (χ1) is 26.0. The highest BCUT2D eigenvalue weighted by atomic mass is 28.3. The van der Waals surface area contributed by atoms with E-state index in [1.807, 2.05) is 48.8 Å². The minimum atomic E-state index is -3.17. The first kappa shape index (κ1) is 31.4. The van der Waals surface area contributed by atoms with Gasteiger partial charge >= 0.3 is 0 Å². The molecule has 0 N–H and O–H groups in total. The normalized spacial score (nSPS) is 13.3. The summed E-state index contributed by atoms with van der Waals surface area (Å²) in [6.45, 7) is 0. The van der Waals surface area contributed by atoms with Crippen molar-refractivity contribution in [2.75, 3.05) is 0 Å². The lowest BCUT2D eigenvalue weighted by Gasteiger charge is -2.34. The van der Waals surface area contributed by atoms with Crippen molar-refractivity contribution in [1.29, 1.82) is 0 Å². The van der Waals surface area contributed by atoms with E-state index in [0.717, 1.165) is 37.4 Å². The van der Waals surface area contributed by atoms with Crippen molar-refractivity contribution in [3.63, 3.8) is 0 Å². The zero-order valence-electron chi connectivity index (χ0n) is 28.4. The maximum atomic E-state index is 14.4. The number of hydrogen-bond acceptors (Lipinski definition) is 1. The lowest BCUT2D eigenvalue weighted by atomic mass is 9.70. The first-order valence-corrected chi connectivity index (χ1v) is 19.7. The van der Waals surface area contributed by atoms with Crippen LogP contribution in [0.15, 0.2) is 182 Å². The molecular formula is C48H30F3NSi. The Balaban J connectivity index is 1.17. The van der Waals surface area contributed by atoms with Crippen molar-refractivity contribution < 1.29 is 13.2 Å². The molecule has 0 radical (unpaired) electrons. The molecule has 10 rings (SSSR count). The van der Waals surface area contributed by atoms with E-state index in [0.29, 0.717) is 0 Å². The van der Waals surface area contributed by atoms with Crippen LogP contribution in [0.4, 0.5) is 13.2 Å². The predicted molar refractivity (Wildman–Crippen MR) is 209 cm³/mol. The van der Waals surface area contributed by atoms with Crippen LogP contribution in [0.25, 0.3) is 33.4 Å². The molecule has 7 aromatic carbocycles. The highest BCUT2D eigenvalue weighted by Gasteiger charge is 2.51. The standard InChI is InChI=1S/C48H30F3NSi/c49-33-12-20-37(21-13-33)53(38-22-14-34(50)15-23-38,39-24-16-35(51)17-25-39)36-18-9-31(10-19-36)32-11-26-42-43-30-52-28-27-46(43)48(47(42)29-32)44-7-3-1-5-40(44)41-6-2-4-8-45(41)48/h1-30H. The fourth-order valence-corrected chi connectivity index (χ4v) is 13.8. The molecule has 0 fully saturated rings. The third-order valence-electron chi connectivity index (χ3n) is 11.4. The minimum absolute atomic E-state index is 0.343. The molecule has 0 atom stereocenters. The zero-order valence-corrected chi connectivity index (χ0v) is 29.4. The van der Waals surface area contributed by atoms with Gasteiger partial charge in [-0.05, 0) is 119 Å². The van der Waals surface area contributed by atoms with Crippen molar-refractivity contribution >= 4 is 28.8 Å². The van der Waals surface area contributed by atoms with Crippen molar-refractivity contribution in [1.82, 2.24) is 4.98 Å². The van der Waals surface area contributed by atoms with Gasteiger partial charge in [0.1, 0.15) is 17.5 Å². The number of halogens is 3. The molecular weight excluding hydrogens is 676 g/mol. The summed E-state index contributed by atoms with van der Waals surface area (Å²) in [4.78, 5) is 4.57. The van der Waals surface area contributed by atoms with E-state index in [2.05, 4.69) is 102 Å². The molecule has 2 aliphatic carbocycles. The molecule has 0 unspecified atom stereocenters. The number of hydrogen-bond donors (Lipinski definition) is 0. The van der Waals surface area contributed by atoms with Crippen molar-refractivity contribution in [3.8, 4) is 33.4 Å². The highest BCUT2D eigenvalue weighted by Crippen LogP contribution is 2.62. The Labute approximate surface area is 306 Å². The summed E-state index contributed by atoms with van der Waals surface area (Å²) in [6, 6.07) is 54.6. The van der Waals surface area contributed by atoms with Gasteiger partial charge in [0.2, 0.25) is 0 Å². The number of benzene rings is 7. The first-order valence-electron chi connectivity index (χ1n) is 17.7. The third-order valence-corrected chi connectivity index (χ3v) is 16.2. The molecule has 252 valence electrons. The summed E-state index contributed by atoms with van der Waals surface area (Å²) < 4.78 is 43.2. The number of aromatic nitrogens is 1. The molecule has 5 heteroatoms. The molecule has 1 spiro atoms. The van der Waals surface area contributed by atoms with Gasteiger partial charge in [-0.15, -0.1) is 0 Å². The molecule has 8 aromatic rings. The van der Waals surface area contributed by atoms with Gasteiger partial charge in [-0.2, -0.15) is 0 Å². The van der Waals surface area contributed by atoms with Crippen LogP contribution in [-0.4, -0.2) is 13.1 Å². The Morgan fingerprint density at radius 3 is 1.30 bits per heavy atom. The van der Waals surface area contributed by atoms with Crippen LogP contribution in [0.1, 0.15) is 22.3 Å². The SMILES string of the molecule is Fc1ccc([Si](c2ccc(F)cc2)(c2ccc(F)cc2)c2ccc(-c3ccc4c(c3)C3(c5ccccc5-c5ccccc53)c3ccncc3-4)cc2)cc1. The zero-order chi connectivity index (χ0) is 35.7. The molecule has 2 aliphatic rings. The highest BCUT2D eigenvalue weighted by molar-refractivity contribution is 7.19. The number of fused-ring (bicyclic) bond motifs is 10. The molecule has 0 amide bonds. The monoisotopic (exact) mass is 705 g/mol. The van der Waals surface area contributed by atoms with Crippen LogP contribution in [0.2, 0.25) is 0 Å². The van der Waals surface area contributed by atoms with Crippen molar-refractivity contribution in [3.05, 3.63) is 222 Å². The Morgan fingerprint density at radius 1 is 0.377 bits per heavy atom. The fraction of sp³-hybridized carbons (Fsp3) is 0.0208. The van der Waals surface area contributed by atoms with E-state index in [1.54, 1.807) is 0 Å². The average Bonchev–Trinajstić information content (AvgIpc) is 3.67. The summed E-state index contributed by atoms with van der Waals surface area (Å²) in [7, 11) is -3.17. The van der Waals surface area contributed by atoms with Crippen LogP contribution in [0.5, 0.6) is 0 Å². The van der Waals surface area contributed by atoms with E-state index in [-0.39, 0.29) is 17.5 Å². The molecule has 0 aliphatic heterocycles. The second-order valence-electron chi connectivity index (χ2n) is 13.9. The fourth-order valence-electron chi connectivity index (χ4n) is 9.18. The largest absolute Gasteiger partial charge is 0.264 e. The van der Waals surface area contributed by atoms with Gasteiger partial charge in [-0.3, -0.25) is 4.98 Å². The average molecular weight is 706 g/mol. The predicted octanol–water partition coefficient (Wildman–Crippen LogP) is 8.89. The second-order valence-corrected chi connectivity index (χ2v) is 17.7. The summed E-state index contributed by atoms with van der Waals surface area (Å²) >= 11 is 0. The van der Waals surface area contributed by atoms with Gasteiger partial charge < -0.3 is 0 Å². The van der Waals surface area contributed by atoms with Gasteiger partial charge in [-0.25, -0.2) is 13.2 Å². The Hall–Kier alpha value is -6.30. The molecule has 53 heavy (non-hydrogen) atoms. The van der Waals surface area contributed by atoms with Gasteiger partial charge in [0.05, 0.1) is 5.41 Å². The Morgan fingerprint density at radius 2 is 0.792 bits per heavy atom. The Bertz CT molecular complexity index is 2510. The molecule has 0 bridgehead atoms. The Kier molecular flexibility index (Phi) is 7.04. The van der Waals surface area contributed by atoms with Crippen LogP contribution < -0.4 is 20.7 Å². The summed E-state index contributed by atoms with van der Waals surface area (Å²) in [6.07, 6.45) is 3.89. The quantitative estimate of drug-likeness (QED) is 0.129. The van der Waals surface area contributed by atoms with Crippen molar-refractivity contribution in [2.45, 2.75) is 5.41 Å². The third kappa shape index (κ3) is 4.47. The van der Waals surface area contributed by atoms with E-state index < -0.39 is 13.5 Å². The number of nitrogens with zero attached hydrogens (tertiary/aromatic N) is 1. The van der Waals surface area contributed by atoms with Crippen molar-refractivity contribution in [2.24, 2.45) is 0 Å². The van der Waals surface area contributed by atoms with Gasteiger partial charge in [-0.1, -0.05) is 121 Å². The lowest BCUT2D eigenvalue weighted by Crippen LogP contribution is -2.74. The summed E-state index contributed by atoms with van der Waals surface area (Å²) in [5.41, 5.74) is 11.5. The summed E-state index contributed by atoms with van der Waals surface area (Å²) in [5, 5.41) is 3.75. The molecule has 1 aromatic heterocycles. The maximum Gasteiger partial charge on any atom is 0.179 e. The topological polar surface area (TPSA) is 12.9 Å². The molecule has 1 heterocycles. The second kappa shape index (κ2) is 11.9.